The van der Waals surface area contributed by atoms with Gasteiger partial charge >= 0.3 is 0 Å². The lowest BCUT2D eigenvalue weighted by Gasteiger charge is -2.45. The molecule has 5 atom stereocenters. The van der Waals surface area contributed by atoms with Crippen LogP contribution in [-0.2, 0) is 4.74 Å². The summed E-state index contributed by atoms with van der Waals surface area (Å²) in [5.74, 6) is 2.85. The van der Waals surface area contributed by atoms with Gasteiger partial charge in [-0.3, -0.25) is 0 Å². The molecule has 0 aromatic heterocycles. The molecule has 1 aliphatic rings. The van der Waals surface area contributed by atoms with E-state index < -0.39 is 0 Å². The molecular weight excluding hydrogens is 172 g/mol. The predicted molar refractivity (Wildman–Crippen MR) is 61.3 cm³/mol. The van der Waals surface area contributed by atoms with Crippen LogP contribution in [0.25, 0.3) is 0 Å². The second-order valence-electron chi connectivity index (χ2n) is 5.37. The lowest BCUT2D eigenvalue weighted by atomic mass is 9.73. The van der Waals surface area contributed by atoms with Gasteiger partial charge in [0.2, 0.25) is 0 Å². The maximum absolute atomic E-state index is 6.19. The summed E-state index contributed by atoms with van der Waals surface area (Å²) in [5.41, 5.74) is 0. The first-order valence-corrected chi connectivity index (χ1v) is 6.14. The Bertz CT molecular complexity index is 174. The Hall–Kier alpha value is -0.0400. The highest BCUT2D eigenvalue weighted by Gasteiger charge is 2.39. The molecule has 1 heterocycles. The molecule has 0 spiro atoms. The Labute approximate surface area is 89.2 Å². The van der Waals surface area contributed by atoms with Gasteiger partial charge in [0, 0.05) is 0 Å². The molecule has 2 unspecified atom stereocenters. The van der Waals surface area contributed by atoms with Gasteiger partial charge in [0.25, 0.3) is 0 Å². The normalized spacial score (nSPS) is 44.4. The summed E-state index contributed by atoms with van der Waals surface area (Å²) in [6, 6.07) is 0. The lowest BCUT2D eigenvalue weighted by Crippen LogP contribution is -2.46. The Morgan fingerprint density at radius 3 is 2.00 bits per heavy atom. The molecule has 1 saturated heterocycles. The standard InChI is InChI=1S/C13H26O/c1-7-12-10(5)9(4)11(6)13(14-12)8(2)3/h8-13H,7H2,1-6H3/t9?,10-,11-,12?,13-/m1/s1. The van der Waals surface area contributed by atoms with E-state index in [-0.39, 0.29) is 0 Å². The predicted octanol–water partition coefficient (Wildman–Crippen LogP) is 3.73. The van der Waals surface area contributed by atoms with E-state index in [4.69, 9.17) is 4.74 Å². The summed E-state index contributed by atoms with van der Waals surface area (Å²) in [4.78, 5) is 0. The van der Waals surface area contributed by atoms with Gasteiger partial charge in [0.15, 0.2) is 0 Å². The van der Waals surface area contributed by atoms with Crippen LogP contribution in [0.15, 0.2) is 0 Å². The molecule has 1 rings (SSSR count). The average molecular weight is 198 g/mol. The first-order chi connectivity index (χ1) is 6.49. The van der Waals surface area contributed by atoms with Crippen molar-refractivity contribution in [2.75, 3.05) is 0 Å². The Morgan fingerprint density at radius 2 is 1.57 bits per heavy atom. The van der Waals surface area contributed by atoms with Crippen LogP contribution in [0.4, 0.5) is 0 Å². The Balaban J connectivity index is 2.73. The summed E-state index contributed by atoms with van der Waals surface area (Å²) in [7, 11) is 0. The summed E-state index contributed by atoms with van der Waals surface area (Å²) in [5, 5.41) is 0. The first-order valence-electron chi connectivity index (χ1n) is 6.14. The molecule has 1 aliphatic heterocycles. The van der Waals surface area contributed by atoms with E-state index in [2.05, 4.69) is 41.5 Å². The maximum atomic E-state index is 6.19. The van der Waals surface area contributed by atoms with Crippen molar-refractivity contribution in [3.63, 3.8) is 0 Å². The maximum Gasteiger partial charge on any atom is 0.0630 e. The molecule has 0 aromatic carbocycles. The van der Waals surface area contributed by atoms with Gasteiger partial charge in [-0.05, 0) is 30.1 Å². The summed E-state index contributed by atoms with van der Waals surface area (Å²) in [6.07, 6.45) is 2.10. The minimum Gasteiger partial charge on any atom is -0.374 e. The molecule has 0 aliphatic carbocycles. The third kappa shape index (κ3) is 2.13. The topological polar surface area (TPSA) is 9.23 Å². The third-order valence-corrected chi connectivity index (χ3v) is 4.15. The molecule has 84 valence electrons. The van der Waals surface area contributed by atoms with Gasteiger partial charge in [-0.1, -0.05) is 41.5 Å². The van der Waals surface area contributed by atoms with Crippen molar-refractivity contribution in [3.8, 4) is 0 Å². The highest BCUT2D eigenvalue weighted by molar-refractivity contribution is 4.86. The first kappa shape index (κ1) is 12.0. The molecular formula is C13H26O. The number of hydrogen-bond donors (Lipinski definition) is 0. The summed E-state index contributed by atoms with van der Waals surface area (Å²) >= 11 is 0. The highest BCUT2D eigenvalue weighted by atomic mass is 16.5. The SMILES string of the molecule is CCC1O[C@H](C(C)C)[C@H](C)C(C)[C@H]1C. The Kier molecular flexibility index (Phi) is 4.00. The quantitative estimate of drug-likeness (QED) is 0.657. The number of ether oxygens (including phenoxy) is 1. The van der Waals surface area contributed by atoms with Crippen LogP contribution in [0.1, 0.15) is 48.0 Å². The minimum atomic E-state index is 0.464. The van der Waals surface area contributed by atoms with Gasteiger partial charge < -0.3 is 4.74 Å². The monoisotopic (exact) mass is 198 g/mol. The summed E-state index contributed by atoms with van der Waals surface area (Å²) in [6.45, 7) is 13.9. The van der Waals surface area contributed by atoms with Crippen LogP contribution in [0.2, 0.25) is 0 Å². The molecule has 1 nitrogen and oxygen atoms in total. The molecule has 0 bridgehead atoms. The molecule has 0 radical (unpaired) electrons. The molecule has 1 heteroatoms. The zero-order chi connectivity index (χ0) is 10.9. The number of hydrogen-bond acceptors (Lipinski definition) is 1. The van der Waals surface area contributed by atoms with Crippen LogP contribution in [0.5, 0.6) is 0 Å². The fourth-order valence-electron chi connectivity index (χ4n) is 2.80. The molecule has 0 saturated carbocycles. The van der Waals surface area contributed by atoms with Crippen molar-refractivity contribution in [1.29, 1.82) is 0 Å². The second-order valence-corrected chi connectivity index (χ2v) is 5.37. The molecule has 0 N–H and O–H groups in total. The van der Waals surface area contributed by atoms with Gasteiger partial charge in [0.05, 0.1) is 12.2 Å². The fraction of sp³-hybridized carbons (Fsp3) is 1.00. The van der Waals surface area contributed by atoms with Crippen molar-refractivity contribution in [2.45, 2.75) is 60.2 Å². The lowest BCUT2D eigenvalue weighted by molar-refractivity contribution is -0.149. The zero-order valence-corrected chi connectivity index (χ0v) is 10.6. The second kappa shape index (κ2) is 4.65. The van der Waals surface area contributed by atoms with Crippen LogP contribution < -0.4 is 0 Å². The highest BCUT2D eigenvalue weighted by Crippen LogP contribution is 2.38. The van der Waals surface area contributed by atoms with Crippen molar-refractivity contribution in [1.82, 2.24) is 0 Å². The van der Waals surface area contributed by atoms with Crippen molar-refractivity contribution in [3.05, 3.63) is 0 Å². The number of rotatable bonds is 2. The average Bonchev–Trinajstić information content (AvgIpc) is 2.14. The van der Waals surface area contributed by atoms with Crippen molar-refractivity contribution in [2.24, 2.45) is 23.7 Å². The van der Waals surface area contributed by atoms with Gasteiger partial charge in [0.1, 0.15) is 0 Å². The van der Waals surface area contributed by atoms with Crippen molar-refractivity contribution >= 4 is 0 Å². The molecule has 1 fully saturated rings. The van der Waals surface area contributed by atoms with Crippen LogP contribution in [-0.4, -0.2) is 12.2 Å². The smallest absolute Gasteiger partial charge is 0.0630 e. The van der Waals surface area contributed by atoms with E-state index in [1.165, 1.54) is 0 Å². The van der Waals surface area contributed by atoms with Gasteiger partial charge in [-0.15, -0.1) is 0 Å². The van der Waals surface area contributed by atoms with E-state index >= 15 is 0 Å². The van der Waals surface area contributed by atoms with Gasteiger partial charge in [-0.2, -0.15) is 0 Å². The zero-order valence-electron chi connectivity index (χ0n) is 10.6. The van der Waals surface area contributed by atoms with E-state index in [0.29, 0.717) is 30.0 Å². The third-order valence-electron chi connectivity index (χ3n) is 4.15. The van der Waals surface area contributed by atoms with E-state index in [1.54, 1.807) is 0 Å². The fourth-order valence-corrected chi connectivity index (χ4v) is 2.80. The molecule has 0 amide bonds. The Morgan fingerprint density at radius 1 is 1.00 bits per heavy atom. The molecule has 14 heavy (non-hydrogen) atoms. The minimum absolute atomic E-state index is 0.464. The van der Waals surface area contributed by atoms with Crippen LogP contribution >= 0.6 is 0 Å². The van der Waals surface area contributed by atoms with Crippen LogP contribution in [0.3, 0.4) is 0 Å². The van der Waals surface area contributed by atoms with E-state index in [1.807, 2.05) is 0 Å². The molecule has 0 aromatic rings. The largest absolute Gasteiger partial charge is 0.374 e. The summed E-state index contributed by atoms with van der Waals surface area (Å²) < 4.78 is 6.19. The van der Waals surface area contributed by atoms with E-state index in [0.717, 1.165) is 12.3 Å². The van der Waals surface area contributed by atoms with Crippen LogP contribution in [0, 0.1) is 23.7 Å². The van der Waals surface area contributed by atoms with Crippen molar-refractivity contribution < 1.29 is 4.74 Å². The van der Waals surface area contributed by atoms with Gasteiger partial charge in [-0.25, -0.2) is 0 Å². The van der Waals surface area contributed by atoms with E-state index in [9.17, 15) is 0 Å².